The number of amides is 2. The summed E-state index contributed by atoms with van der Waals surface area (Å²) in [6.45, 7) is 0. The number of nitrogens with zero attached hydrogens (tertiary/aromatic N) is 2. The highest BCUT2D eigenvalue weighted by Gasteiger charge is 2.39. The minimum absolute atomic E-state index is 0.112. The van der Waals surface area contributed by atoms with Gasteiger partial charge in [0, 0.05) is 17.8 Å². The number of nitro benzene ring substituents is 1. The molecule has 0 aromatic heterocycles. The Morgan fingerprint density at radius 3 is 2.40 bits per heavy atom. The number of rotatable bonds is 7. The van der Waals surface area contributed by atoms with E-state index < -0.39 is 22.7 Å². The SMILES string of the molecule is COc1cccc(N2C(=O)C(Cl)=C(Nc3ccc(C(=O)Oc4ccccc4[N+](=O)[O-])cc3)C2=O)c1. The maximum absolute atomic E-state index is 12.9. The standard InChI is InChI=1S/C24H16ClN3O7/c1-34-17-6-4-5-16(13-17)27-22(29)20(25)21(23(27)30)26-15-11-9-14(10-12-15)24(31)35-19-8-3-2-7-18(19)28(32)33/h2-13,26H,1H3. The second-order valence-electron chi connectivity index (χ2n) is 7.15. The van der Waals surface area contributed by atoms with Crippen molar-refractivity contribution >= 4 is 46.4 Å². The zero-order valence-electron chi connectivity index (χ0n) is 18.1. The summed E-state index contributed by atoms with van der Waals surface area (Å²) in [5, 5.41) is 13.6. The first-order valence-electron chi connectivity index (χ1n) is 10.1. The lowest BCUT2D eigenvalue weighted by Crippen LogP contribution is -2.32. The zero-order valence-corrected chi connectivity index (χ0v) is 18.8. The Morgan fingerprint density at radius 1 is 1.00 bits per heavy atom. The predicted molar refractivity (Wildman–Crippen MR) is 126 cm³/mol. The fraction of sp³-hybridized carbons (Fsp3) is 0.0417. The number of nitro groups is 1. The summed E-state index contributed by atoms with van der Waals surface area (Å²) in [5.74, 6) is -1.89. The third-order valence-electron chi connectivity index (χ3n) is 4.99. The van der Waals surface area contributed by atoms with Gasteiger partial charge in [0.05, 0.1) is 23.3 Å². The van der Waals surface area contributed by atoms with Gasteiger partial charge >= 0.3 is 11.7 Å². The molecule has 0 bridgehead atoms. The van der Waals surface area contributed by atoms with E-state index in [1.807, 2.05) is 0 Å². The number of carbonyl (C=O) groups excluding carboxylic acids is 3. The van der Waals surface area contributed by atoms with Crippen LogP contribution >= 0.6 is 11.6 Å². The van der Waals surface area contributed by atoms with Crippen molar-refractivity contribution in [3.8, 4) is 11.5 Å². The summed E-state index contributed by atoms with van der Waals surface area (Å²) in [4.78, 5) is 49.4. The lowest BCUT2D eigenvalue weighted by Gasteiger charge is -2.16. The topological polar surface area (TPSA) is 128 Å². The number of benzene rings is 3. The number of nitrogens with one attached hydrogen (secondary N) is 1. The maximum Gasteiger partial charge on any atom is 0.343 e. The van der Waals surface area contributed by atoms with Crippen molar-refractivity contribution in [2.24, 2.45) is 0 Å². The van der Waals surface area contributed by atoms with Crippen LogP contribution in [0.15, 0.2) is 83.5 Å². The molecule has 3 aromatic carbocycles. The average Bonchev–Trinajstić information content (AvgIpc) is 3.07. The smallest absolute Gasteiger partial charge is 0.343 e. The van der Waals surface area contributed by atoms with Crippen LogP contribution in [-0.4, -0.2) is 29.8 Å². The summed E-state index contributed by atoms with van der Waals surface area (Å²) in [5.41, 5.74) is 0.303. The van der Waals surface area contributed by atoms with E-state index in [1.54, 1.807) is 18.2 Å². The molecule has 0 radical (unpaired) electrons. The monoisotopic (exact) mass is 493 g/mol. The molecule has 35 heavy (non-hydrogen) atoms. The summed E-state index contributed by atoms with van der Waals surface area (Å²) in [6.07, 6.45) is 0. The Balaban J connectivity index is 1.49. The van der Waals surface area contributed by atoms with Gasteiger partial charge in [-0.25, -0.2) is 9.69 Å². The Kier molecular flexibility index (Phi) is 6.47. The normalized spacial score (nSPS) is 13.1. The summed E-state index contributed by atoms with van der Waals surface area (Å²) >= 11 is 6.15. The third kappa shape index (κ3) is 4.68. The molecule has 11 heteroatoms. The average molecular weight is 494 g/mol. The molecule has 0 saturated carbocycles. The van der Waals surface area contributed by atoms with Crippen LogP contribution in [-0.2, 0) is 9.59 Å². The van der Waals surface area contributed by atoms with Crippen molar-refractivity contribution in [1.82, 2.24) is 0 Å². The first-order valence-corrected chi connectivity index (χ1v) is 10.4. The molecule has 0 atom stereocenters. The molecule has 10 nitrogen and oxygen atoms in total. The van der Waals surface area contributed by atoms with Gasteiger partial charge in [0.25, 0.3) is 11.8 Å². The van der Waals surface area contributed by atoms with Crippen LogP contribution < -0.4 is 19.7 Å². The van der Waals surface area contributed by atoms with Crippen molar-refractivity contribution in [2.75, 3.05) is 17.3 Å². The highest BCUT2D eigenvalue weighted by atomic mass is 35.5. The van der Waals surface area contributed by atoms with Gasteiger partial charge in [-0.15, -0.1) is 0 Å². The van der Waals surface area contributed by atoms with Gasteiger partial charge in [0.1, 0.15) is 16.5 Å². The van der Waals surface area contributed by atoms with Gasteiger partial charge in [-0.2, -0.15) is 0 Å². The van der Waals surface area contributed by atoms with Crippen LogP contribution in [0.25, 0.3) is 0 Å². The number of ether oxygens (including phenoxy) is 2. The fourth-order valence-electron chi connectivity index (χ4n) is 3.28. The van der Waals surface area contributed by atoms with E-state index in [1.165, 1.54) is 61.7 Å². The highest BCUT2D eigenvalue weighted by Crippen LogP contribution is 2.32. The molecule has 176 valence electrons. The molecule has 2 amide bonds. The fourth-order valence-corrected chi connectivity index (χ4v) is 3.50. The summed E-state index contributed by atoms with van der Waals surface area (Å²) in [6, 6.07) is 17.7. The zero-order chi connectivity index (χ0) is 25.1. The van der Waals surface area contributed by atoms with Gasteiger partial charge in [-0.3, -0.25) is 19.7 Å². The Labute approximate surface area is 203 Å². The third-order valence-corrected chi connectivity index (χ3v) is 5.34. The largest absolute Gasteiger partial charge is 0.497 e. The van der Waals surface area contributed by atoms with Gasteiger partial charge in [-0.05, 0) is 42.5 Å². The number of para-hydroxylation sites is 2. The summed E-state index contributed by atoms with van der Waals surface area (Å²) < 4.78 is 10.3. The molecule has 0 unspecified atom stereocenters. The van der Waals surface area contributed by atoms with E-state index in [4.69, 9.17) is 21.1 Å². The van der Waals surface area contributed by atoms with Crippen LogP contribution in [0, 0.1) is 10.1 Å². The van der Waals surface area contributed by atoms with E-state index in [0.29, 0.717) is 17.1 Å². The number of anilines is 2. The Bertz CT molecular complexity index is 1390. The van der Waals surface area contributed by atoms with Crippen molar-refractivity contribution < 1.29 is 28.8 Å². The minimum atomic E-state index is -0.806. The van der Waals surface area contributed by atoms with E-state index in [-0.39, 0.29) is 27.7 Å². The number of imide groups is 1. The molecule has 3 aromatic rings. The van der Waals surface area contributed by atoms with Crippen molar-refractivity contribution in [3.05, 3.63) is 99.2 Å². The van der Waals surface area contributed by atoms with Crippen LogP contribution in [0.3, 0.4) is 0 Å². The van der Waals surface area contributed by atoms with Crippen LogP contribution in [0.5, 0.6) is 11.5 Å². The molecule has 1 aliphatic rings. The molecule has 0 saturated heterocycles. The van der Waals surface area contributed by atoms with Gasteiger partial charge in [0.2, 0.25) is 5.75 Å². The Morgan fingerprint density at radius 2 is 1.71 bits per heavy atom. The van der Waals surface area contributed by atoms with E-state index in [9.17, 15) is 24.5 Å². The molecule has 4 rings (SSSR count). The van der Waals surface area contributed by atoms with Crippen LogP contribution in [0.1, 0.15) is 10.4 Å². The highest BCUT2D eigenvalue weighted by molar-refractivity contribution is 6.53. The number of halogens is 1. The second-order valence-corrected chi connectivity index (χ2v) is 7.53. The molecular formula is C24H16ClN3O7. The first-order chi connectivity index (χ1) is 16.8. The lowest BCUT2D eigenvalue weighted by molar-refractivity contribution is -0.385. The molecule has 0 spiro atoms. The van der Waals surface area contributed by atoms with Crippen LogP contribution in [0.4, 0.5) is 17.1 Å². The van der Waals surface area contributed by atoms with Crippen LogP contribution in [0.2, 0.25) is 0 Å². The van der Waals surface area contributed by atoms with Crippen molar-refractivity contribution in [1.29, 1.82) is 0 Å². The Hall–Kier alpha value is -4.70. The quantitative estimate of drug-likeness (QED) is 0.170. The van der Waals surface area contributed by atoms with Gasteiger partial charge < -0.3 is 14.8 Å². The molecule has 1 aliphatic heterocycles. The van der Waals surface area contributed by atoms with E-state index in [0.717, 1.165) is 4.90 Å². The van der Waals surface area contributed by atoms with Gasteiger partial charge in [-0.1, -0.05) is 29.8 Å². The number of esters is 1. The number of carbonyl (C=O) groups is 3. The molecular weight excluding hydrogens is 478 g/mol. The van der Waals surface area contributed by atoms with E-state index in [2.05, 4.69) is 5.32 Å². The molecule has 0 aliphatic carbocycles. The number of hydrogen-bond donors (Lipinski definition) is 1. The minimum Gasteiger partial charge on any atom is -0.497 e. The number of hydrogen-bond acceptors (Lipinski definition) is 8. The predicted octanol–water partition coefficient (Wildman–Crippen LogP) is 4.26. The van der Waals surface area contributed by atoms with Crippen molar-refractivity contribution in [2.45, 2.75) is 0 Å². The van der Waals surface area contributed by atoms with Crippen molar-refractivity contribution in [3.63, 3.8) is 0 Å². The number of methoxy groups -OCH3 is 1. The molecule has 0 fully saturated rings. The van der Waals surface area contributed by atoms with Gasteiger partial charge in [0.15, 0.2) is 0 Å². The maximum atomic E-state index is 12.9. The molecule has 1 N–H and O–H groups in total. The van der Waals surface area contributed by atoms with E-state index >= 15 is 0 Å². The second kappa shape index (κ2) is 9.65. The first kappa shape index (κ1) is 23.5. The molecule has 1 heterocycles. The summed E-state index contributed by atoms with van der Waals surface area (Å²) in [7, 11) is 1.46. The lowest BCUT2D eigenvalue weighted by atomic mass is 10.2.